The Morgan fingerprint density at radius 3 is 2.38 bits per heavy atom. The molecule has 0 spiro atoms. The summed E-state index contributed by atoms with van der Waals surface area (Å²) in [5.41, 5.74) is 0.119. The Balaban J connectivity index is 2.44. The summed E-state index contributed by atoms with van der Waals surface area (Å²) in [7, 11) is 0. The van der Waals surface area contributed by atoms with Crippen molar-refractivity contribution in [3.8, 4) is 0 Å². The molecule has 48 valence electrons. The van der Waals surface area contributed by atoms with Crippen molar-refractivity contribution in [1.82, 2.24) is 0 Å². The van der Waals surface area contributed by atoms with Gasteiger partial charge in [0.2, 0.25) is 0 Å². The molecule has 0 aromatic heterocycles. The fourth-order valence-corrected chi connectivity index (χ4v) is 1.88. The van der Waals surface area contributed by atoms with Crippen LogP contribution in [0.1, 0.15) is 20.3 Å². The minimum Gasteiger partial charge on any atom is -0.374 e. The third-order valence-corrected chi connectivity index (χ3v) is 1.96. The number of rotatable bonds is 0. The molecule has 0 N–H and O–H groups in total. The van der Waals surface area contributed by atoms with E-state index in [4.69, 9.17) is 4.74 Å². The predicted octanol–water partition coefficient (Wildman–Crippen LogP) is 1.95. The first-order valence-electron chi connectivity index (χ1n) is 2.88. The Kier molecular flexibility index (Phi) is 1.63. The van der Waals surface area contributed by atoms with E-state index in [1.165, 1.54) is 0 Å². The summed E-state index contributed by atoms with van der Waals surface area (Å²) in [5.74, 6) is 0. The van der Waals surface area contributed by atoms with Crippen molar-refractivity contribution in [2.45, 2.75) is 30.7 Å². The highest BCUT2D eigenvalue weighted by Gasteiger charge is 2.29. The van der Waals surface area contributed by atoms with Gasteiger partial charge < -0.3 is 4.74 Å². The van der Waals surface area contributed by atoms with Crippen LogP contribution < -0.4 is 0 Å². The second-order valence-corrected chi connectivity index (χ2v) is 4.17. The Morgan fingerprint density at radius 2 is 2.25 bits per heavy atom. The van der Waals surface area contributed by atoms with Crippen molar-refractivity contribution in [2.24, 2.45) is 0 Å². The van der Waals surface area contributed by atoms with Crippen molar-refractivity contribution < 1.29 is 4.74 Å². The molecular weight excluding hydrogens is 168 g/mol. The minimum atomic E-state index is 0.119. The number of halogens is 1. The SMILES string of the molecule is CC1(C)C[C@H](Br)CO1. The lowest BCUT2D eigenvalue weighted by atomic mass is 10.1. The molecule has 8 heavy (non-hydrogen) atoms. The lowest BCUT2D eigenvalue weighted by Gasteiger charge is -2.14. The quantitative estimate of drug-likeness (QED) is 0.516. The number of ether oxygens (including phenoxy) is 1. The van der Waals surface area contributed by atoms with E-state index in [1.807, 2.05) is 0 Å². The van der Waals surface area contributed by atoms with E-state index < -0.39 is 0 Å². The van der Waals surface area contributed by atoms with E-state index in [0.717, 1.165) is 13.0 Å². The predicted molar refractivity (Wildman–Crippen MR) is 37.4 cm³/mol. The molecule has 1 aliphatic rings. The summed E-state index contributed by atoms with van der Waals surface area (Å²) < 4.78 is 5.41. The average molecular weight is 179 g/mol. The van der Waals surface area contributed by atoms with Crippen LogP contribution in [-0.2, 0) is 4.74 Å². The first kappa shape index (κ1) is 6.56. The molecule has 0 aliphatic carbocycles. The Hall–Kier alpha value is 0.440. The lowest BCUT2D eigenvalue weighted by molar-refractivity contribution is 0.0369. The van der Waals surface area contributed by atoms with Crippen molar-refractivity contribution in [2.75, 3.05) is 6.61 Å². The molecule has 0 bridgehead atoms. The van der Waals surface area contributed by atoms with Crippen LogP contribution in [0.2, 0.25) is 0 Å². The molecule has 2 heteroatoms. The lowest BCUT2D eigenvalue weighted by Crippen LogP contribution is -2.16. The van der Waals surface area contributed by atoms with Gasteiger partial charge in [-0.25, -0.2) is 0 Å². The second kappa shape index (κ2) is 1.99. The molecule has 0 amide bonds. The number of hydrogen-bond donors (Lipinski definition) is 0. The average Bonchev–Trinajstić information content (AvgIpc) is 1.82. The van der Waals surface area contributed by atoms with E-state index in [2.05, 4.69) is 29.8 Å². The zero-order valence-electron chi connectivity index (χ0n) is 5.28. The van der Waals surface area contributed by atoms with Crippen molar-refractivity contribution in [1.29, 1.82) is 0 Å². The molecule has 1 fully saturated rings. The minimum absolute atomic E-state index is 0.119. The maximum Gasteiger partial charge on any atom is 0.0638 e. The smallest absolute Gasteiger partial charge is 0.0638 e. The highest BCUT2D eigenvalue weighted by atomic mass is 79.9. The molecule has 1 heterocycles. The Labute approximate surface area is 58.5 Å². The zero-order chi connectivity index (χ0) is 6.20. The molecular formula is C6H11BrO. The van der Waals surface area contributed by atoms with E-state index >= 15 is 0 Å². The first-order chi connectivity index (χ1) is 3.60. The highest BCUT2D eigenvalue weighted by Crippen LogP contribution is 2.28. The van der Waals surface area contributed by atoms with E-state index in [1.54, 1.807) is 0 Å². The van der Waals surface area contributed by atoms with Crippen LogP contribution in [0.15, 0.2) is 0 Å². The third-order valence-electron chi connectivity index (χ3n) is 1.37. The summed E-state index contributed by atoms with van der Waals surface area (Å²) >= 11 is 3.49. The zero-order valence-corrected chi connectivity index (χ0v) is 6.86. The molecule has 0 aromatic carbocycles. The van der Waals surface area contributed by atoms with Crippen LogP contribution in [0.5, 0.6) is 0 Å². The monoisotopic (exact) mass is 178 g/mol. The van der Waals surface area contributed by atoms with Crippen molar-refractivity contribution in [3.05, 3.63) is 0 Å². The van der Waals surface area contributed by atoms with Gasteiger partial charge in [-0.3, -0.25) is 0 Å². The van der Waals surface area contributed by atoms with E-state index in [0.29, 0.717) is 4.83 Å². The molecule has 0 saturated carbocycles. The van der Waals surface area contributed by atoms with Crippen LogP contribution in [0.3, 0.4) is 0 Å². The van der Waals surface area contributed by atoms with Gasteiger partial charge in [-0.05, 0) is 20.3 Å². The van der Waals surface area contributed by atoms with Crippen molar-refractivity contribution >= 4 is 15.9 Å². The maximum absolute atomic E-state index is 5.41. The third kappa shape index (κ3) is 1.46. The fourth-order valence-electron chi connectivity index (χ4n) is 0.967. The van der Waals surface area contributed by atoms with Crippen LogP contribution in [-0.4, -0.2) is 17.0 Å². The molecule has 1 atom stereocenters. The van der Waals surface area contributed by atoms with Gasteiger partial charge in [-0.2, -0.15) is 0 Å². The molecule has 0 aromatic rings. The Bertz CT molecular complexity index is 90.5. The van der Waals surface area contributed by atoms with Gasteiger partial charge in [-0.15, -0.1) is 0 Å². The second-order valence-electron chi connectivity index (χ2n) is 2.87. The van der Waals surface area contributed by atoms with Crippen LogP contribution in [0.4, 0.5) is 0 Å². The largest absolute Gasteiger partial charge is 0.374 e. The standard InChI is InChI=1S/C6H11BrO/c1-6(2)3-5(7)4-8-6/h5H,3-4H2,1-2H3/t5-/m0/s1. The molecule has 0 unspecified atom stereocenters. The summed E-state index contributed by atoms with van der Waals surface area (Å²) in [5, 5.41) is 0. The van der Waals surface area contributed by atoms with Gasteiger partial charge in [0.25, 0.3) is 0 Å². The van der Waals surface area contributed by atoms with Gasteiger partial charge in [0.05, 0.1) is 12.2 Å². The van der Waals surface area contributed by atoms with Gasteiger partial charge in [0.15, 0.2) is 0 Å². The molecule has 1 saturated heterocycles. The van der Waals surface area contributed by atoms with E-state index in [-0.39, 0.29) is 5.60 Å². The van der Waals surface area contributed by atoms with Crippen LogP contribution in [0.25, 0.3) is 0 Å². The summed E-state index contributed by atoms with van der Waals surface area (Å²) in [6, 6.07) is 0. The van der Waals surface area contributed by atoms with Gasteiger partial charge in [0, 0.05) is 4.83 Å². The molecule has 1 rings (SSSR count). The normalized spacial score (nSPS) is 35.6. The summed E-state index contributed by atoms with van der Waals surface area (Å²) in [4.78, 5) is 0.581. The topological polar surface area (TPSA) is 9.23 Å². The van der Waals surface area contributed by atoms with Crippen molar-refractivity contribution in [3.63, 3.8) is 0 Å². The Morgan fingerprint density at radius 1 is 1.62 bits per heavy atom. The molecule has 1 aliphatic heterocycles. The van der Waals surface area contributed by atoms with Crippen LogP contribution in [0, 0.1) is 0 Å². The molecule has 0 radical (unpaired) electrons. The summed E-state index contributed by atoms with van der Waals surface area (Å²) in [6.45, 7) is 5.11. The van der Waals surface area contributed by atoms with E-state index in [9.17, 15) is 0 Å². The maximum atomic E-state index is 5.41. The molecule has 1 nitrogen and oxygen atoms in total. The van der Waals surface area contributed by atoms with Gasteiger partial charge in [0.1, 0.15) is 0 Å². The van der Waals surface area contributed by atoms with Gasteiger partial charge >= 0.3 is 0 Å². The number of hydrogen-bond acceptors (Lipinski definition) is 1. The number of alkyl halides is 1. The van der Waals surface area contributed by atoms with Gasteiger partial charge in [-0.1, -0.05) is 15.9 Å². The van der Waals surface area contributed by atoms with Crippen LogP contribution >= 0.6 is 15.9 Å². The summed E-state index contributed by atoms with van der Waals surface area (Å²) in [6.07, 6.45) is 1.13. The first-order valence-corrected chi connectivity index (χ1v) is 3.80. The fraction of sp³-hybridized carbons (Fsp3) is 1.00. The highest BCUT2D eigenvalue weighted by molar-refractivity contribution is 9.09.